The zero-order valence-corrected chi connectivity index (χ0v) is 12.0. The van der Waals surface area contributed by atoms with Gasteiger partial charge in [0.05, 0.1) is 6.61 Å². The number of ether oxygens (including phenoxy) is 2. The predicted octanol–water partition coefficient (Wildman–Crippen LogP) is 1.16. The topological polar surface area (TPSA) is 73.6 Å². The molecule has 1 aliphatic rings. The molecule has 0 saturated heterocycles. The van der Waals surface area contributed by atoms with Crippen molar-refractivity contribution in [3.63, 3.8) is 0 Å². The van der Waals surface area contributed by atoms with E-state index in [0.29, 0.717) is 12.4 Å². The molecular weight excluding hydrogens is 256 g/mol. The van der Waals surface area contributed by atoms with Gasteiger partial charge in [-0.2, -0.15) is 0 Å². The van der Waals surface area contributed by atoms with Crippen LogP contribution >= 0.6 is 0 Å². The van der Waals surface area contributed by atoms with Crippen molar-refractivity contribution in [3.8, 4) is 5.75 Å². The molecule has 3 N–H and O–H groups in total. The third-order valence-electron chi connectivity index (χ3n) is 3.43. The quantitative estimate of drug-likeness (QED) is 0.819. The van der Waals surface area contributed by atoms with Gasteiger partial charge in [0, 0.05) is 19.2 Å². The maximum absolute atomic E-state index is 11.7. The number of aryl methyl sites for hydroxylation is 1. The minimum Gasteiger partial charge on any atom is -0.484 e. The van der Waals surface area contributed by atoms with Gasteiger partial charge in [0.2, 0.25) is 0 Å². The first kappa shape index (κ1) is 14.8. The van der Waals surface area contributed by atoms with Gasteiger partial charge in [0.1, 0.15) is 5.75 Å². The molecule has 2 atom stereocenters. The lowest BCUT2D eigenvalue weighted by molar-refractivity contribution is -0.124. The Balaban J connectivity index is 1.84. The van der Waals surface area contributed by atoms with Crippen molar-refractivity contribution in [1.82, 2.24) is 5.32 Å². The standard InChI is InChI=1S/C15H22N2O3/c1-10(8-19-2)17-15(18)9-20-12-4-5-13-11(7-12)3-6-14(13)16/h4-5,7,10,14H,3,6,8-9,16H2,1-2H3,(H,17,18)/t10?,14-/m1/s1. The Morgan fingerprint density at radius 2 is 2.35 bits per heavy atom. The summed E-state index contributed by atoms with van der Waals surface area (Å²) in [5, 5.41) is 2.80. The van der Waals surface area contributed by atoms with Crippen molar-refractivity contribution in [3.05, 3.63) is 29.3 Å². The van der Waals surface area contributed by atoms with E-state index in [-0.39, 0.29) is 24.6 Å². The van der Waals surface area contributed by atoms with Gasteiger partial charge in [-0.25, -0.2) is 0 Å². The highest BCUT2D eigenvalue weighted by Crippen LogP contribution is 2.31. The summed E-state index contributed by atoms with van der Waals surface area (Å²) in [5.74, 6) is 0.569. The number of amides is 1. The summed E-state index contributed by atoms with van der Waals surface area (Å²) in [6, 6.07) is 5.96. The average Bonchev–Trinajstić information content (AvgIpc) is 2.78. The van der Waals surface area contributed by atoms with Gasteiger partial charge in [0.25, 0.3) is 5.91 Å². The van der Waals surface area contributed by atoms with E-state index in [4.69, 9.17) is 15.2 Å². The minimum absolute atomic E-state index is 0.0128. The van der Waals surface area contributed by atoms with Crippen LogP contribution in [0, 0.1) is 0 Å². The third kappa shape index (κ3) is 3.71. The Kier molecular flexibility index (Phi) is 4.98. The molecule has 1 aromatic rings. The van der Waals surface area contributed by atoms with Crippen LogP contribution < -0.4 is 15.8 Å². The second-order valence-corrected chi connectivity index (χ2v) is 5.22. The van der Waals surface area contributed by atoms with E-state index >= 15 is 0 Å². The van der Waals surface area contributed by atoms with Crippen molar-refractivity contribution < 1.29 is 14.3 Å². The van der Waals surface area contributed by atoms with Crippen LogP contribution in [0.4, 0.5) is 0 Å². The molecule has 0 spiro atoms. The van der Waals surface area contributed by atoms with Crippen LogP contribution in [0.3, 0.4) is 0 Å². The number of nitrogens with one attached hydrogen (secondary N) is 1. The number of benzene rings is 1. The maximum atomic E-state index is 11.7. The largest absolute Gasteiger partial charge is 0.484 e. The van der Waals surface area contributed by atoms with Crippen LogP contribution in [-0.2, 0) is 16.0 Å². The molecule has 1 aromatic carbocycles. The first-order valence-corrected chi connectivity index (χ1v) is 6.89. The predicted molar refractivity (Wildman–Crippen MR) is 76.7 cm³/mol. The first-order chi connectivity index (χ1) is 9.60. The Hall–Kier alpha value is -1.59. The van der Waals surface area contributed by atoms with Gasteiger partial charge in [-0.15, -0.1) is 0 Å². The van der Waals surface area contributed by atoms with E-state index in [2.05, 4.69) is 5.32 Å². The lowest BCUT2D eigenvalue weighted by Crippen LogP contribution is -2.38. The van der Waals surface area contributed by atoms with E-state index < -0.39 is 0 Å². The van der Waals surface area contributed by atoms with Crippen LogP contribution in [0.15, 0.2) is 18.2 Å². The second-order valence-electron chi connectivity index (χ2n) is 5.22. The van der Waals surface area contributed by atoms with Crippen LogP contribution in [0.25, 0.3) is 0 Å². The van der Waals surface area contributed by atoms with Crippen molar-refractivity contribution in [2.24, 2.45) is 5.73 Å². The molecule has 0 heterocycles. The van der Waals surface area contributed by atoms with Gasteiger partial charge in [0.15, 0.2) is 6.61 Å². The summed E-state index contributed by atoms with van der Waals surface area (Å²) in [6.07, 6.45) is 1.96. The van der Waals surface area contributed by atoms with Crippen molar-refractivity contribution in [2.75, 3.05) is 20.3 Å². The second kappa shape index (κ2) is 6.72. The lowest BCUT2D eigenvalue weighted by Gasteiger charge is -2.13. The number of methoxy groups -OCH3 is 1. The summed E-state index contributed by atoms with van der Waals surface area (Å²) >= 11 is 0. The SMILES string of the molecule is COCC(C)NC(=O)COc1ccc2c(c1)CC[C@H]2N. The van der Waals surface area contributed by atoms with Crippen molar-refractivity contribution >= 4 is 5.91 Å². The highest BCUT2D eigenvalue weighted by molar-refractivity contribution is 5.77. The normalized spacial score (nSPS) is 18.4. The van der Waals surface area contributed by atoms with E-state index in [1.165, 1.54) is 11.1 Å². The molecule has 110 valence electrons. The highest BCUT2D eigenvalue weighted by atomic mass is 16.5. The monoisotopic (exact) mass is 278 g/mol. The molecule has 0 saturated carbocycles. The maximum Gasteiger partial charge on any atom is 0.258 e. The molecule has 2 rings (SSSR count). The molecule has 20 heavy (non-hydrogen) atoms. The van der Waals surface area contributed by atoms with Gasteiger partial charge in [-0.05, 0) is 43.0 Å². The zero-order chi connectivity index (χ0) is 14.5. The number of hydrogen-bond donors (Lipinski definition) is 2. The van der Waals surface area contributed by atoms with E-state index in [9.17, 15) is 4.79 Å². The molecule has 0 fully saturated rings. The van der Waals surface area contributed by atoms with Crippen LogP contribution in [0.2, 0.25) is 0 Å². The van der Waals surface area contributed by atoms with Crippen LogP contribution in [0.1, 0.15) is 30.5 Å². The minimum atomic E-state index is -0.147. The summed E-state index contributed by atoms with van der Waals surface area (Å²) in [4.78, 5) is 11.7. The molecule has 0 radical (unpaired) electrons. The summed E-state index contributed by atoms with van der Waals surface area (Å²) < 4.78 is 10.5. The molecule has 0 aromatic heterocycles. The molecule has 0 bridgehead atoms. The Bertz CT molecular complexity index is 476. The van der Waals surface area contributed by atoms with Gasteiger partial charge >= 0.3 is 0 Å². The Morgan fingerprint density at radius 3 is 3.10 bits per heavy atom. The van der Waals surface area contributed by atoms with Crippen LogP contribution in [-0.4, -0.2) is 32.3 Å². The molecule has 1 aliphatic carbocycles. The number of carbonyl (C=O) groups is 1. The smallest absolute Gasteiger partial charge is 0.258 e. The first-order valence-electron chi connectivity index (χ1n) is 6.89. The lowest BCUT2D eigenvalue weighted by atomic mass is 10.1. The fourth-order valence-electron chi connectivity index (χ4n) is 2.47. The van der Waals surface area contributed by atoms with Gasteiger partial charge < -0.3 is 20.5 Å². The molecule has 1 amide bonds. The van der Waals surface area contributed by atoms with E-state index in [0.717, 1.165) is 12.8 Å². The number of nitrogens with two attached hydrogens (primary N) is 1. The number of rotatable bonds is 6. The third-order valence-corrected chi connectivity index (χ3v) is 3.43. The summed E-state index contributed by atoms with van der Waals surface area (Å²) in [5.41, 5.74) is 8.40. The fraction of sp³-hybridized carbons (Fsp3) is 0.533. The van der Waals surface area contributed by atoms with Crippen molar-refractivity contribution in [1.29, 1.82) is 0 Å². The van der Waals surface area contributed by atoms with Crippen LogP contribution in [0.5, 0.6) is 5.75 Å². The summed E-state index contributed by atoms with van der Waals surface area (Å²) in [6.45, 7) is 2.39. The Labute approximate surface area is 119 Å². The molecule has 5 heteroatoms. The number of hydrogen-bond acceptors (Lipinski definition) is 4. The van der Waals surface area contributed by atoms with Crippen molar-refractivity contribution in [2.45, 2.75) is 31.8 Å². The molecule has 1 unspecified atom stereocenters. The molecule has 5 nitrogen and oxygen atoms in total. The average molecular weight is 278 g/mol. The zero-order valence-electron chi connectivity index (χ0n) is 12.0. The van der Waals surface area contributed by atoms with E-state index in [1.807, 2.05) is 25.1 Å². The van der Waals surface area contributed by atoms with Gasteiger partial charge in [-0.1, -0.05) is 6.07 Å². The Morgan fingerprint density at radius 1 is 1.55 bits per heavy atom. The fourth-order valence-corrected chi connectivity index (χ4v) is 2.47. The number of carbonyl (C=O) groups excluding carboxylic acids is 1. The summed E-state index contributed by atoms with van der Waals surface area (Å²) in [7, 11) is 1.61. The highest BCUT2D eigenvalue weighted by Gasteiger charge is 2.19. The number of fused-ring (bicyclic) bond motifs is 1. The molecular formula is C15H22N2O3. The molecule has 0 aliphatic heterocycles. The van der Waals surface area contributed by atoms with E-state index in [1.54, 1.807) is 7.11 Å². The van der Waals surface area contributed by atoms with Gasteiger partial charge in [-0.3, -0.25) is 4.79 Å².